The monoisotopic (exact) mass is 322 g/mol. The number of aryl methyl sites for hydroxylation is 1. The van der Waals surface area contributed by atoms with Crippen molar-refractivity contribution in [3.8, 4) is 17.6 Å². The van der Waals surface area contributed by atoms with Crippen molar-refractivity contribution in [1.29, 1.82) is 5.26 Å². The number of benzene rings is 2. The van der Waals surface area contributed by atoms with Crippen LogP contribution in [0, 0.1) is 18.3 Å². The summed E-state index contributed by atoms with van der Waals surface area (Å²) in [6.07, 6.45) is 0. The zero-order chi connectivity index (χ0) is 17.1. The summed E-state index contributed by atoms with van der Waals surface area (Å²) in [4.78, 5) is 14.2. The Bertz CT molecular complexity index is 793. The van der Waals surface area contributed by atoms with Crippen molar-refractivity contribution in [2.75, 3.05) is 20.3 Å². The molecule has 1 amide bonds. The normalized spacial score (nSPS) is 15.8. The second-order valence-electron chi connectivity index (χ2n) is 5.59. The van der Waals surface area contributed by atoms with Crippen LogP contribution in [0.25, 0.3) is 0 Å². The molecule has 0 saturated heterocycles. The molecule has 1 aliphatic rings. The van der Waals surface area contributed by atoms with Crippen molar-refractivity contribution in [3.63, 3.8) is 0 Å². The average molecular weight is 322 g/mol. The van der Waals surface area contributed by atoms with Crippen molar-refractivity contribution in [2.45, 2.75) is 13.0 Å². The maximum absolute atomic E-state index is 12.6. The number of hydrogen-bond donors (Lipinski definition) is 0. The van der Waals surface area contributed by atoms with Gasteiger partial charge in [-0.25, -0.2) is 0 Å². The predicted octanol–water partition coefficient (Wildman–Crippen LogP) is 3.10. The molecule has 0 aliphatic carbocycles. The van der Waals surface area contributed by atoms with Crippen LogP contribution < -0.4 is 9.47 Å². The highest BCUT2D eigenvalue weighted by Gasteiger charge is 2.37. The Kier molecular flexibility index (Phi) is 4.39. The average Bonchev–Trinajstić information content (AvgIpc) is 2.88. The fourth-order valence-electron chi connectivity index (χ4n) is 2.94. The molecule has 1 unspecified atom stereocenters. The van der Waals surface area contributed by atoms with Gasteiger partial charge in [-0.2, -0.15) is 5.26 Å². The van der Waals surface area contributed by atoms with E-state index in [2.05, 4.69) is 6.07 Å². The van der Waals surface area contributed by atoms with Gasteiger partial charge < -0.3 is 14.4 Å². The third-order valence-corrected chi connectivity index (χ3v) is 4.17. The SMILES string of the molecule is COc1ccc(OCCN2C(=O)c3c(C)cccc3C2C#N)cc1. The number of hydrogen-bond acceptors (Lipinski definition) is 4. The molecular weight excluding hydrogens is 304 g/mol. The molecule has 0 fully saturated rings. The van der Waals surface area contributed by atoms with Crippen LogP contribution in [0.2, 0.25) is 0 Å². The second kappa shape index (κ2) is 6.63. The van der Waals surface area contributed by atoms with Crippen molar-refractivity contribution in [2.24, 2.45) is 0 Å². The van der Waals surface area contributed by atoms with Crippen molar-refractivity contribution in [3.05, 3.63) is 59.2 Å². The summed E-state index contributed by atoms with van der Waals surface area (Å²) in [6.45, 7) is 2.57. The van der Waals surface area contributed by atoms with Crippen LogP contribution >= 0.6 is 0 Å². The molecule has 1 heterocycles. The van der Waals surface area contributed by atoms with E-state index in [4.69, 9.17) is 9.47 Å². The molecule has 1 aliphatic heterocycles. The molecule has 0 aromatic heterocycles. The summed E-state index contributed by atoms with van der Waals surface area (Å²) in [5, 5.41) is 9.47. The van der Waals surface area contributed by atoms with E-state index in [9.17, 15) is 10.1 Å². The Labute approximate surface area is 141 Å². The minimum absolute atomic E-state index is 0.104. The molecule has 5 nitrogen and oxygen atoms in total. The van der Waals surface area contributed by atoms with Crippen LogP contribution in [0.1, 0.15) is 27.5 Å². The molecular formula is C19H18N2O3. The first-order chi connectivity index (χ1) is 11.7. The van der Waals surface area contributed by atoms with Gasteiger partial charge in [0.25, 0.3) is 5.91 Å². The molecule has 24 heavy (non-hydrogen) atoms. The van der Waals surface area contributed by atoms with Crippen LogP contribution in [0.15, 0.2) is 42.5 Å². The van der Waals surface area contributed by atoms with E-state index >= 15 is 0 Å². The maximum Gasteiger partial charge on any atom is 0.255 e. The number of nitrogens with zero attached hydrogens (tertiary/aromatic N) is 2. The van der Waals surface area contributed by atoms with E-state index in [1.54, 1.807) is 12.0 Å². The lowest BCUT2D eigenvalue weighted by Gasteiger charge is -2.20. The number of fused-ring (bicyclic) bond motifs is 1. The predicted molar refractivity (Wildman–Crippen MR) is 89.1 cm³/mol. The number of nitriles is 1. The Hall–Kier alpha value is -3.00. The standard InChI is InChI=1S/C19H18N2O3/c1-13-4-3-5-16-17(12-20)21(19(22)18(13)16)10-11-24-15-8-6-14(23-2)7-9-15/h3-9,17H,10-11H2,1-2H3. The van der Waals surface area contributed by atoms with E-state index in [1.807, 2.05) is 49.4 Å². The largest absolute Gasteiger partial charge is 0.497 e. The molecule has 0 saturated carbocycles. The van der Waals surface area contributed by atoms with Crippen molar-refractivity contribution in [1.82, 2.24) is 4.90 Å². The Morgan fingerprint density at radius 3 is 2.54 bits per heavy atom. The quantitative estimate of drug-likeness (QED) is 0.848. The number of rotatable bonds is 5. The Morgan fingerprint density at radius 1 is 1.17 bits per heavy atom. The lowest BCUT2D eigenvalue weighted by molar-refractivity contribution is 0.0730. The lowest BCUT2D eigenvalue weighted by atomic mass is 10.0. The third-order valence-electron chi connectivity index (χ3n) is 4.17. The van der Waals surface area contributed by atoms with Gasteiger partial charge in [0.05, 0.1) is 19.7 Å². The molecule has 0 radical (unpaired) electrons. The molecule has 122 valence electrons. The Balaban J connectivity index is 1.68. The Morgan fingerprint density at radius 2 is 1.88 bits per heavy atom. The van der Waals surface area contributed by atoms with E-state index in [1.165, 1.54) is 0 Å². The molecule has 0 bridgehead atoms. The second-order valence-corrected chi connectivity index (χ2v) is 5.59. The summed E-state index contributed by atoms with van der Waals surface area (Å²) in [5.74, 6) is 1.35. The topological polar surface area (TPSA) is 62.6 Å². The number of carbonyl (C=O) groups excluding carboxylic acids is 1. The smallest absolute Gasteiger partial charge is 0.255 e. The third kappa shape index (κ3) is 2.79. The molecule has 3 rings (SSSR count). The van der Waals surface area contributed by atoms with Gasteiger partial charge in [-0.1, -0.05) is 18.2 Å². The highest BCUT2D eigenvalue weighted by atomic mass is 16.5. The van der Waals surface area contributed by atoms with E-state index in [0.29, 0.717) is 24.5 Å². The van der Waals surface area contributed by atoms with Crippen LogP contribution in [-0.2, 0) is 0 Å². The van der Waals surface area contributed by atoms with Crippen LogP contribution in [0.4, 0.5) is 0 Å². The maximum atomic E-state index is 12.6. The summed E-state index contributed by atoms with van der Waals surface area (Å²) in [7, 11) is 1.61. The van der Waals surface area contributed by atoms with Crippen LogP contribution in [0.3, 0.4) is 0 Å². The fraction of sp³-hybridized carbons (Fsp3) is 0.263. The van der Waals surface area contributed by atoms with Gasteiger partial charge >= 0.3 is 0 Å². The number of methoxy groups -OCH3 is 1. The zero-order valence-electron chi connectivity index (χ0n) is 13.7. The van der Waals surface area contributed by atoms with Gasteiger partial charge in [-0.15, -0.1) is 0 Å². The van der Waals surface area contributed by atoms with Gasteiger partial charge in [-0.05, 0) is 36.8 Å². The van der Waals surface area contributed by atoms with Gasteiger partial charge in [0, 0.05) is 11.1 Å². The number of carbonyl (C=O) groups is 1. The first-order valence-electron chi connectivity index (χ1n) is 7.72. The minimum atomic E-state index is -0.549. The number of ether oxygens (including phenoxy) is 2. The highest BCUT2D eigenvalue weighted by Crippen LogP contribution is 2.34. The lowest BCUT2D eigenvalue weighted by Crippen LogP contribution is -2.31. The number of amides is 1. The first-order valence-corrected chi connectivity index (χ1v) is 7.72. The molecule has 1 atom stereocenters. The van der Waals surface area contributed by atoms with Gasteiger partial charge in [0.2, 0.25) is 0 Å². The van der Waals surface area contributed by atoms with Crippen molar-refractivity contribution >= 4 is 5.91 Å². The summed E-state index contributed by atoms with van der Waals surface area (Å²) >= 11 is 0. The summed E-state index contributed by atoms with van der Waals surface area (Å²) in [6, 6.07) is 14.5. The van der Waals surface area contributed by atoms with E-state index in [-0.39, 0.29) is 5.91 Å². The van der Waals surface area contributed by atoms with Gasteiger partial charge in [0.1, 0.15) is 24.1 Å². The molecule has 2 aromatic carbocycles. The summed E-state index contributed by atoms with van der Waals surface area (Å²) in [5.41, 5.74) is 2.33. The molecule has 2 aromatic rings. The van der Waals surface area contributed by atoms with Gasteiger partial charge in [0.15, 0.2) is 0 Å². The first kappa shape index (κ1) is 15.9. The van der Waals surface area contributed by atoms with Crippen molar-refractivity contribution < 1.29 is 14.3 Å². The van der Waals surface area contributed by atoms with E-state index < -0.39 is 6.04 Å². The molecule has 5 heteroatoms. The van der Waals surface area contributed by atoms with Crippen LogP contribution in [-0.4, -0.2) is 31.1 Å². The summed E-state index contributed by atoms with van der Waals surface area (Å²) < 4.78 is 10.8. The van der Waals surface area contributed by atoms with Gasteiger partial charge in [-0.3, -0.25) is 4.79 Å². The molecule has 0 spiro atoms. The molecule has 0 N–H and O–H groups in total. The van der Waals surface area contributed by atoms with Crippen LogP contribution in [0.5, 0.6) is 11.5 Å². The zero-order valence-corrected chi connectivity index (χ0v) is 13.7. The fourth-order valence-corrected chi connectivity index (χ4v) is 2.94. The minimum Gasteiger partial charge on any atom is -0.497 e. The highest BCUT2D eigenvalue weighted by molar-refractivity contribution is 6.01. The van der Waals surface area contributed by atoms with E-state index in [0.717, 1.165) is 16.9 Å².